The highest BCUT2D eigenvalue weighted by Gasteiger charge is 2.26. The summed E-state index contributed by atoms with van der Waals surface area (Å²) >= 11 is 6.25. The zero-order valence-corrected chi connectivity index (χ0v) is 24.5. The SMILES string of the molecule is CN1CCN(c2ccc(-c3c(C#N)c(-c4ccc(Cl)cc4)nc4c3c(-c3ccccc3)nn4-c3ccccc3)cc2)CC1. The second kappa shape index (κ2) is 11.4. The van der Waals surface area contributed by atoms with Gasteiger partial charge in [-0.25, -0.2) is 9.67 Å². The van der Waals surface area contributed by atoms with Crippen LogP contribution in [-0.2, 0) is 0 Å². The van der Waals surface area contributed by atoms with Crippen molar-refractivity contribution in [2.45, 2.75) is 0 Å². The third-order valence-corrected chi connectivity index (χ3v) is 8.37. The molecule has 7 rings (SSSR count). The molecule has 0 bridgehead atoms. The lowest BCUT2D eigenvalue weighted by molar-refractivity contribution is 0.313. The minimum atomic E-state index is 0.506. The molecule has 1 aliphatic rings. The summed E-state index contributed by atoms with van der Waals surface area (Å²) in [5.74, 6) is 0. The minimum Gasteiger partial charge on any atom is -0.369 e. The lowest BCUT2D eigenvalue weighted by Crippen LogP contribution is -2.44. The second-order valence-electron chi connectivity index (χ2n) is 10.8. The molecular weight excluding hydrogens is 552 g/mol. The van der Waals surface area contributed by atoms with Crippen LogP contribution in [0.5, 0.6) is 0 Å². The van der Waals surface area contributed by atoms with Gasteiger partial charge in [0, 0.05) is 53.6 Å². The molecule has 210 valence electrons. The quantitative estimate of drug-likeness (QED) is 0.209. The normalized spacial score (nSPS) is 13.7. The molecule has 1 aliphatic heterocycles. The maximum absolute atomic E-state index is 10.7. The Morgan fingerprint density at radius 2 is 1.28 bits per heavy atom. The van der Waals surface area contributed by atoms with E-state index in [1.165, 1.54) is 5.69 Å². The highest BCUT2D eigenvalue weighted by Crippen LogP contribution is 2.42. The molecule has 1 saturated heterocycles. The Morgan fingerprint density at radius 1 is 0.674 bits per heavy atom. The van der Waals surface area contributed by atoms with Crippen LogP contribution in [0.3, 0.4) is 0 Å². The molecular formula is C36H29ClN6. The van der Waals surface area contributed by atoms with Gasteiger partial charge in [0.25, 0.3) is 0 Å². The Bertz CT molecular complexity index is 1930. The molecule has 0 unspecified atom stereocenters. The molecule has 43 heavy (non-hydrogen) atoms. The van der Waals surface area contributed by atoms with Gasteiger partial charge in [-0.05, 0) is 49.0 Å². The fourth-order valence-electron chi connectivity index (χ4n) is 5.81. The van der Waals surface area contributed by atoms with Gasteiger partial charge < -0.3 is 9.80 Å². The Morgan fingerprint density at radius 3 is 1.93 bits per heavy atom. The first-order valence-electron chi connectivity index (χ1n) is 14.4. The van der Waals surface area contributed by atoms with Crippen LogP contribution < -0.4 is 4.90 Å². The van der Waals surface area contributed by atoms with E-state index >= 15 is 0 Å². The van der Waals surface area contributed by atoms with Gasteiger partial charge in [0.2, 0.25) is 0 Å². The molecule has 0 atom stereocenters. The Kier molecular flexibility index (Phi) is 7.12. The van der Waals surface area contributed by atoms with Gasteiger partial charge in [0.05, 0.1) is 22.3 Å². The van der Waals surface area contributed by atoms with E-state index in [4.69, 9.17) is 21.7 Å². The van der Waals surface area contributed by atoms with Crippen molar-refractivity contribution in [1.82, 2.24) is 19.7 Å². The summed E-state index contributed by atoms with van der Waals surface area (Å²) in [4.78, 5) is 9.94. The Balaban J connectivity index is 1.53. The molecule has 6 aromatic rings. The van der Waals surface area contributed by atoms with Crippen molar-refractivity contribution in [2.24, 2.45) is 0 Å². The van der Waals surface area contributed by atoms with E-state index < -0.39 is 0 Å². The number of rotatable bonds is 5. The summed E-state index contributed by atoms with van der Waals surface area (Å²) in [5, 5.41) is 17.4. The summed E-state index contributed by atoms with van der Waals surface area (Å²) < 4.78 is 1.89. The van der Waals surface area contributed by atoms with Gasteiger partial charge in [-0.1, -0.05) is 84.4 Å². The van der Waals surface area contributed by atoms with Crippen LogP contribution in [0.25, 0.3) is 50.4 Å². The number of nitrogens with zero attached hydrogens (tertiary/aromatic N) is 6. The molecule has 0 spiro atoms. The third kappa shape index (κ3) is 5.03. The smallest absolute Gasteiger partial charge is 0.164 e. The maximum Gasteiger partial charge on any atom is 0.164 e. The zero-order chi connectivity index (χ0) is 29.3. The standard InChI is InChI=1S/C36H29ClN6/c1-41-20-22-42(23-21-41)29-18-14-25(15-19-29)32-31(24-38)34(27-12-16-28(37)17-13-27)39-36-33(32)35(26-8-4-2-5-9-26)40-43(36)30-10-6-3-7-11-30/h2-19H,20-23H2,1H3. The number of nitriles is 1. The predicted molar refractivity (Wildman–Crippen MR) is 175 cm³/mol. The van der Waals surface area contributed by atoms with Crippen LogP contribution in [0.4, 0.5) is 5.69 Å². The Labute approximate surface area is 256 Å². The van der Waals surface area contributed by atoms with Crippen LogP contribution >= 0.6 is 11.6 Å². The fraction of sp³-hybridized carbons (Fsp3) is 0.139. The van der Waals surface area contributed by atoms with Crippen LogP contribution in [0.15, 0.2) is 109 Å². The van der Waals surface area contributed by atoms with Crippen molar-refractivity contribution in [2.75, 3.05) is 38.1 Å². The van der Waals surface area contributed by atoms with Crippen molar-refractivity contribution in [3.63, 3.8) is 0 Å². The molecule has 0 radical (unpaired) electrons. The van der Waals surface area contributed by atoms with Crippen LogP contribution in [0.2, 0.25) is 5.02 Å². The van der Waals surface area contributed by atoms with Crippen molar-refractivity contribution >= 4 is 28.3 Å². The van der Waals surface area contributed by atoms with Crippen LogP contribution in [-0.4, -0.2) is 52.9 Å². The largest absolute Gasteiger partial charge is 0.369 e. The lowest BCUT2D eigenvalue weighted by Gasteiger charge is -2.34. The first kappa shape index (κ1) is 26.9. The number of likely N-dealkylation sites (N-methyl/N-ethyl adjacent to an activating group) is 1. The van der Waals surface area contributed by atoms with E-state index in [-0.39, 0.29) is 0 Å². The maximum atomic E-state index is 10.7. The van der Waals surface area contributed by atoms with Crippen LogP contribution in [0, 0.1) is 11.3 Å². The molecule has 6 nitrogen and oxygen atoms in total. The number of para-hydroxylation sites is 1. The van der Waals surface area contributed by atoms with Crippen molar-refractivity contribution in [3.8, 4) is 45.4 Å². The number of hydrogen-bond donors (Lipinski definition) is 0. The molecule has 1 fully saturated rings. The van der Waals surface area contributed by atoms with Crippen molar-refractivity contribution in [1.29, 1.82) is 5.26 Å². The first-order chi connectivity index (χ1) is 21.1. The molecule has 0 saturated carbocycles. The van der Waals surface area contributed by atoms with Gasteiger partial charge >= 0.3 is 0 Å². The molecule has 2 aromatic heterocycles. The highest BCUT2D eigenvalue weighted by molar-refractivity contribution is 6.30. The summed E-state index contributed by atoms with van der Waals surface area (Å²) in [6.45, 7) is 4.05. The molecule has 0 amide bonds. The van der Waals surface area contributed by atoms with Gasteiger partial charge in [-0.2, -0.15) is 10.4 Å². The number of hydrogen-bond acceptors (Lipinski definition) is 5. The molecule has 4 aromatic carbocycles. The lowest BCUT2D eigenvalue weighted by atomic mass is 9.92. The molecule has 3 heterocycles. The van der Waals surface area contributed by atoms with E-state index in [9.17, 15) is 5.26 Å². The van der Waals surface area contributed by atoms with Crippen molar-refractivity contribution < 1.29 is 0 Å². The summed E-state index contributed by atoms with van der Waals surface area (Å²) in [7, 11) is 2.16. The second-order valence-corrected chi connectivity index (χ2v) is 11.3. The van der Waals surface area contributed by atoms with E-state index in [0.29, 0.717) is 21.9 Å². The Hall–Kier alpha value is -4.96. The average molecular weight is 581 g/mol. The molecule has 7 heteroatoms. The topological polar surface area (TPSA) is 61.0 Å². The summed E-state index contributed by atoms with van der Waals surface area (Å²) in [5.41, 5.74) is 8.20. The van der Waals surface area contributed by atoms with Gasteiger partial charge in [0.1, 0.15) is 11.8 Å². The number of fused-ring (bicyclic) bond motifs is 1. The molecule has 0 aliphatic carbocycles. The van der Waals surface area contributed by atoms with Gasteiger partial charge in [-0.3, -0.25) is 0 Å². The van der Waals surface area contributed by atoms with Crippen LogP contribution in [0.1, 0.15) is 5.56 Å². The third-order valence-electron chi connectivity index (χ3n) is 8.12. The first-order valence-corrected chi connectivity index (χ1v) is 14.8. The number of pyridine rings is 1. The predicted octanol–water partition coefficient (Wildman–Crippen LogP) is 7.70. The zero-order valence-electron chi connectivity index (χ0n) is 23.8. The van der Waals surface area contributed by atoms with Crippen molar-refractivity contribution in [3.05, 3.63) is 120 Å². The number of benzene rings is 4. The minimum absolute atomic E-state index is 0.506. The van der Waals surface area contributed by atoms with E-state index in [0.717, 1.165) is 65.2 Å². The van der Waals surface area contributed by atoms with Gasteiger partial charge in [0.15, 0.2) is 5.65 Å². The summed E-state index contributed by atoms with van der Waals surface area (Å²) in [6.07, 6.45) is 0. The van der Waals surface area contributed by atoms with E-state index in [1.54, 1.807) is 0 Å². The summed E-state index contributed by atoms with van der Waals surface area (Å²) in [6, 6.07) is 38.7. The average Bonchev–Trinajstić information content (AvgIpc) is 3.45. The van der Waals surface area contributed by atoms with E-state index in [2.05, 4.69) is 59.3 Å². The number of anilines is 1. The number of halogens is 1. The highest BCUT2D eigenvalue weighted by atomic mass is 35.5. The van der Waals surface area contributed by atoms with Gasteiger partial charge in [-0.15, -0.1) is 0 Å². The fourth-order valence-corrected chi connectivity index (χ4v) is 5.94. The van der Waals surface area contributed by atoms with E-state index in [1.807, 2.05) is 77.5 Å². The number of aromatic nitrogens is 3. The monoisotopic (exact) mass is 580 g/mol. The number of piperazine rings is 1. The molecule has 0 N–H and O–H groups in total.